The number of aryl methyl sites for hydroxylation is 1. The summed E-state index contributed by atoms with van der Waals surface area (Å²) < 4.78 is 13.7. The van der Waals surface area contributed by atoms with Crippen molar-refractivity contribution < 1.29 is 9.18 Å². The van der Waals surface area contributed by atoms with E-state index in [2.05, 4.69) is 17.6 Å². The molecule has 112 valence electrons. The van der Waals surface area contributed by atoms with Crippen molar-refractivity contribution in [3.8, 4) is 0 Å². The summed E-state index contributed by atoms with van der Waals surface area (Å²) in [4.78, 5) is 12.0. The second-order valence-corrected chi connectivity index (χ2v) is 5.76. The van der Waals surface area contributed by atoms with Gasteiger partial charge < -0.3 is 10.6 Å². The van der Waals surface area contributed by atoms with Gasteiger partial charge in [0.15, 0.2) is 0 Å². The van der Waals surface area contributed by atoms with E-state index in [1.807, 2.05) is 0 Å². The highest BCUT2D eigenvalue weighted by Crippen LogP contribution is 2.24. The van der Waals surface area contributed by atoms with Gasteiger partial charge in [-0.25, -0.2) is 4.39 Å². The number of amides is 1. The highest BCUT2D eigenvalue weighted by Gasteiger charge is 2.27. The van der Waals surface area contributed by atoms with Crippen molar-refractivity contribution in [2.75, 3.05) is 19.6 Å². The maximum atomic E-state index is 13.7. The standard InChI is InChI=1S/C15H21FN2O.ClH/c1-11-4-5-12(13(16)8-11)14(19)18-10-15(2)6-3-7-17-9-15;/h4-5,8,17H,3,6-7,9-10H2,1-2H3,(H,18,19);1H. The molecule has 1 aromatic carbocycles. The number of rotatable bonds is 3. The predicted molar refractivity (Wildman–Crippen MR) is 80.9 cm³/mol. The van der Waals surface area contributed by atoms with Crippen LogP contribution >= 0.6 is 12.4 Å². The van der Waals surface area contributed by atoms with E-state index in [0.717, 1.165) is 31.5 Å². The average Bonchev–Trinajstić information content (AvgIpc) is 2.37. The molecule has 0 saturated carbocycles. The Hall–Kier alpha value is -1.13. The van der Waals surface area contributed by atoms with Crippen LogP contribution in [0.3, 0.4) is 0 Å². The predicted octanol–water partition coefficient (Wildman–Crippen LogP) is 2.68. The zero-order valence-electron chi connectivity index (χ0n) is 12.0. The third-order valence-electron chi connectivity index (χ3n) is 3.73. The minimum absolute atomic E-state index is 0. The fraction of sp³-hybridized carbons (Fsp3) is 0.533. The van der Waals surface area contributed by atoms with Crippen LogP contribution in [0.5, 0.6) is 0 Å². The second kappa shape index (κ2) is 7.04. The number of carbonyl (C=O) groups is 1. The van der Waals surface area contributed by atoms with Gasteiger partial charge in [0.1, 0.15) is 5.82 Å². The van der Waals surface area contributed by atoms with E-state index in [9.17, 15) is 9.18 Å². The third kappa shape index (κ3) is 4.18. The molecule has 1 unspecified atom stereocenters. The van der Waals surface area contributed by atoms with E-state index in [4.69, 9.17) is 0 Å². The molecule has 0 aliphatic carbocycles. The maximum Gasteiger partial charge on any atom is 0.254 e. The summed E-state index contributed by atoms with van der Waals surface area (Å²) in [6.45, 7) is 6.45. The van der Waals surface area contributed by atoms with Gasteiger partial charge in [-0.3, -0.25) is 4.79 Å². The number of piperidine rings is 1. The molecule has 5 heteroatoms. The number of benzene rings is 1. The van der Waals surface area contributed by atoms with Crippen molar-refractivity contribution in [1.82, 2.24) is 10.6 Å². The summed E-state index contributed by atoms with van der Waals surface area (Å²) in [7, 11) is 0. The molecule has 1 saturated heterocycles. The Bertz CT molecular complexity index is 473. The van der Waals surface area contributed by atoms with Crippen LogP contribution in [0.2, 0.25) is 0 Å². The second-order valence-electron chi connectivity index (χ2n) is 5.76. The van der Waals surface area contributed by atoms with Gasteiger partial charge in [-0.1, -0.05) is 13.0 Å². The van der Waals surface area contributed by atoms with Gasteiger partial charge in [-0.15, -0.1) is 12.4 Å². The fourth-order valence-corrected chi connectivity index (χ4v) is 2.46. The lowest BCUT2D eigenvalue weighted by atomic mass is 9.83. The molecule has 2 N–H and O–H groups in total. The Kier molecular flexibility index (Phi) is 5.96. The number of hydrogen-bond donors (Lipinski definition) is 2. The van der Waals surface area contributed by atoms with Crippen LogP contribution < -0.4 is 10.6 Å². The molecule has 1 aliphatic heterocycles. The summed E-state index contributed by atoms with van der Waals surface area (Å²) in [5.41, 5.74) is 1.00. The number of nitrogens with one attached hydrogen (secondary N) is 2. The normalized spacial score (nSPS) is 21.9. The van der Waals surface area contributed by atoms with Crippen LogP contribution in [0.15, 0.2) is 18.2 Å². The van der Waals surface area contributed by atoms with Gasteiger partial charge in [0, 0.05) is 13.1 Å². The molecule has 1 fully saturated rings. The monoisotopic (exact) mass is 300 g/mol. The number of carbonyl (C=O) groups excluding carboxylic acids is 1. The van der Waals surface area contributed by atoms with Crippen LogP contribution in [0.4, 0.5) is 4.39 Å². The summed E-state index contributed by atoms with van der Waals surface area (Å²) in [5, 5.41) is 6.18. The van der Waals surface area contributed by atoms with Gasteiger partial charge in [-0.05, 0) is 49.4 Å². The third-order valence-corrected chi connectivity index (χ3v) is 3.73. The molecule has 0 bridgehead atoms. The number of hydrogen-bond acceptors (Lipinski definition) is 2. The SMILES string of the molecule is Cc1ccc(C(=O)NCC2(C)CCCNC2)c(F)c1.Cl. The molecule has 0 aromatic heterocycles. The van der Waals surface area contributed by atoms with E-state index in [0.29, 0.717) is 6.54 Å². The van der Waals surface area contributed by atoms with Crippen molar-refractivity contribution in [2.45, 2.75) is 26.7 Å². The first-order chi connectivity index (χ1) is 9.00. The van der Waals surface area contributed by atoms with Crippen molar-refractivity contribution >= 4 is 18.3 Å². The first kappa shape index (κ1) is 16.9. The van der Waals surface area contributed by atoms with Gasteiger partial charge in [-0.2, -0.15) is 0 Å². The highest BCUT2D eigenvalue weighted by molar-refractivity contribution is 5.94. The van der Waals surface area contributed by atoms with Crippen molar-refractivity contribution in [3.05, 3.63) is 35.1 Å². The van der Waals surface area contributed by atoms with Crippen LogP contribution in [-0.4, -0.2) is 25.5 Å². The lowest BCUT2D eigenvalue weighted by Crippen LogP contribution is -2.45. The van der Waals surface area contributed by atoms with E-state index < -0.39 is 5.82 Å². The first-order valence-electron chi connectivity index (χ1n) is 6.75. The van der Waals surface area contributed by atoms with Gasteiger partial charge in [0.05, 0.1) is 5.56 Å². The molecule has 1 aliphatic rings. The molecule has 0 spiro atoms. The van der Waals surface area contributed by atoms with Gasteiger partial charge in [0.2, 0.25) is 0 Å². The molecule has 1 atom stereocenters. The molecular weight excluding hydrogens is 279 g/mol. The van der Waals surface area contributed by atoms with Crippen LogP contribution in [0.1, 0.15) is 35.7 Å². The molecule has 1 heterocycles. The molecule has 0 radical (unpaired) electrons. The Labute approximate surface area is 125 Å². The van der Waals surface area contributed by atoms with Gasteiger partial charge >= 0.3 is 0 Å². The molecule has 1 aromatic rings. The lowest BCUT2D eigenvalue weighted by Gasteiger charge is -2.34. The Balaban J connectivity index is 0.00000200. The topological polar surface area (TPSA) is 41.1 Å². The molecule has 20 heavy (non-hydrogen) atoms. The zero-order chi connectivity index (χ0) is 13.9. The summed E-state index contributed by atoms with van der Waals surface area (Å²) in [6.07, 6.45) is 2.20. The van der Waals surface area contributed by atoms with Gasteiger partial charge in [0.25, 0.3) is 5.91 Å². The van der Waals surface area contributed by atoms with Crippen molar-refractivity contribution in [1.29, 1.82) is 0 Å². The first-order valence-corrected chi connectivity index (χ1v) is 6.75. The summed E-state index contributed by atoms with van der Waals surface area (Å²) >= 11 is 0. The van der Waals surface area contributed by atoms with E-state index in [1.54, 1.807) is 19.1 Å². The maximum absolute atomic E-state index is 13.7. The smallest absolute Gasteiger partial charge is 0.254 e. The van der Waals surface area contributed by atoms with Crippen LogP contribution in [0, 0.1) is 18.2 Å². The van der Waals surface area contributed by atoms with Crippen LogP contribution in [0.25, 0.3) is 0 Å². The Morgan fingerprint density at radius 2 is 2.25 bits per heavy atom. The quantitative estimate of drug-likeness (QED) is 0.901. The minimum atomic E-state index is -0.454. The van der Waals surface area contributed by atoms with E-state index >= 15 is 0 Å². The van der Waals surface area contributed by atoms with Crippen molar-refractivity contribution in [3.63, 3.8) is 0 Å². The molecule has 2 rings (SSSR count). The van der Waals surface area contributed by atoms with E-state index in [-0.39, 0.29) is 29.3 Å². The van der Waals surface area contributed by atoms with Crippen molar-refractivity contribution in [2.24, 2.45) is 5.41 Å². The Morgan fingerprint density at radius 3 is 2.85 bits per heavy atom. The van der Waals surface area contributed by atoms with E-state index in [1.165, 1.54) is 6.07 Å². The zero-order valence-corrected chi connectivity index (χ0v) is 12.8. The molecule has 3 nitrogen and oxygen atoms in total. The summed E-state index contributed by atoms with van der Waals surface area (Å²) in [5.74, 6) is -0.784. The Morgan fingerprint density at radius 1 is 1.50 bits per heavy atom. The molecular formula is C15H22ClFN2O. The largest absolute Gasteiger partial charge is 0.351 e. The average molecular weight is 301 g/mol. The highest BCUT2D eigenvalue weighted by atomic mass is 35.5. The summed E-state index contributed by atoms with van der Waals surface area (Å²) in [6, 6.07) is 4.68. The molecule has 1 amide bonds. The minimum Gasteiger partial charge on any atom is -0.351 e. The van der Waals surface area contributed by atoms with Crippen LogP contribution in [-0.2, 0) is 0 Å². The lowest BCUT2D eigenvalue weighted by molar-refractivity contribution is 0.0920. The fourth-order valence-electron chi connectivity index (χ4n) is 2.46. The number of halogens is 2.